The van der Waals surface area contributed by atoms with Crippen LogP contribution in [0, 0.1) is 24.7 Å². The Morgan fingerprint density at radius 2 is 2.12 bits per heavy atom. The molecular formula is C26H38O7. The largest absolute Gasteiger partial charge is 0.491 e. The van der Waals surface area contributed by atoms with Crippen molar-refractivity contribution in [2.24, 2.45) is 17.8 Å². The predicted octanol–water partition coefficient (Wildman–Crippen LogP) is 3.05. The highest BCUT2D eigenvalue weighted by molar-refractivity contribution is 5.70. The van der Waals surface area contributed by atoms with Crippen molar-refractivity contribution in [3.05, 3.63) is 42.0 Å². The van der Waals surface area contributed by atoms with Gasteiger partial charge in [-0.05, 0) is 57.2 Å². The van der Waals surface area contributed by atoms with Crippen molar-refractivity contribution >= 4 is 5.97 Å². The molecule has 1 aromatic carbocycles. The molecule has 1 aliphatic heterocycles. The molecule has 0 bridgehead atoms. The summed E-state index contributed by atoms with van der Waals surface area (Å²) in [5.74, 6) is 0.708. The molecule has 0 amide bonds. The van der Waals surface area contributed by atoms with Gasteiger partial charge in [0, 0.05) is 18.3 Å². The van der Waals surface area contributed by atoms with E-state index in [4.69, 9.17) is 18.9 Å². The number of carbonyl (C=O) groups excluding carboxylic acids is 1. The van der Waals surface area contributed by atoms with Gasteiger partial charge in [-0.15, -0.1) is 0 Å². The lowest BCUT2D eigenvalue weighted by molar-refractivity contribution is -0.153. The van der Waals surface area contributed by atoms with Crippen LogP contribution >= 0.6 is 0 Å². The van der Waals surface area contributed by atoms with Crippen LogP contribution in [0.15, 0.2) is 36.4 Å². The van der Waals surface area contributed by atoms with E-state index in [9.17, 15) is 15.0 Å². The van der Waals surface area contributed by atoms with E-state index in [1.54, 1.807) is 6.08 Å². The molecule has 1 heterocycles. The summed E-state index contributed by atoms with van der Waals surface area (Å²) in [5, 5.41) is 20.9. The molecule has 6 atom stereocenters. The molecule has 0 unspecified atom stereocenters. The van der Waals surface area contributed by atoms with Crippen LogP contribution < -0.4 is 4.74 Å². The highest BCUT2D eigenvalue weighted by Gasteiger charge is 2.43. The summed E-state index contributed by atoms with van der Waals surface area (Å²) in [6.07, 6.45) is 4.63. The van der Waals surface area contributed by atoms with E-state index >= 15 is 0 Å². The van der Waals surface area contributed by atoms with Gasteiger partial charge in [-0.25, -0.2) is 4.79 Å². The monoisotopic (exact) mass is 462 g/mol. The number of hydrogen-bond donors (Lipinski definition) is 2. The highest BCUT2D eigenvalue weighted by atomic mass is 16.6. The third-order valence-electron chi connectivity index (χ3n) is 6.25. The summed E-state index contributed by atoms with van der Waals surface area (Å²) in [6, 6.07) is 7.71. The van der Waals surface area contributed by atoms with Crippen LogP contribution in [0.5, 0.6) is 5.75 Å². The molecule has 7 nitrogen and oxygen atoms in total. The van der Waals surface area contributed by atoms with Gasteiger partial charge in [0.15, 0.2) is 0 Å². The first kappa shape index (κ1) is 25.7. The molecule has 0 spiro atoms. The first-order valence-electron chi connectivity index (χ1n) is 11.9. The van der Waals surface area contributed by atoms with Crippen LogP contribution in [0.25, 0.3) is 0 Å². The number of carbonyl (C=O) groups is 1. The zero-order chi connectivity index (χ0) is 23.8. The first-order chi connectivity index (χ1) is 15.8. The zero-order valence-electron chi connectivity index (χ0n) is 19.9. The second-order valence-electron chi connectivity index (χ2n) is 9.49. The number of ether oxygens (including phenoxy) is 4. The molecule has 0 radical (unpaired) electrons. The van der Waals surface area contributed by atoms with E-state index in [1.165, 1.54) is 0 Å². The highest BCUT2D eigenvalue weighted by Crippen LogP contribution is 2.41. The van der Waals surface area contributed by atoms with E-state index < -0.39 is 12.2 Å². The van der Waals surface area contributed by atoms with Gasteiger partial charge < -0.3 is 29.2 Å². The normalized spacial score (nSPS) is 28.5. The molecule has 1 aromatic rings. The van der Waals surface area contributed by atoms with Gasteiger partial charge in [-0.3, -0.25) is 0 Å². The standard InChI is InChI=1S/C26H38O7/c1-17(2)33-26(29)16-30-13-19-7-9-23-22(24(28)12-25(23)32-14-19)10-8-20(27)15-31-21-6-4-5-18(3)11-21/h4-6,8,10-11,17,19-20,22-25,27-28H,7,9,12-16H2,1-3H3/b10-8+/t19-,20-,22-,23-,24-,25+/m1/s1. The van der Waals surface area contributed by atoms with Crippen LogP contribution in [0.3, 0.4) is 0 Å². The predicted molar refractivity (Wildman–Crippen MR) is 124 cm³/mol. The van der Waals surface area contributed by atoms with E-state index in [0.717, 1.165) is 24.2 Å². The van der Waals surface area contributed by atoms with E-state index in [-0.39, 0.29) is 49.1 Å². The summed E-state index contributed by atoms with van der Waals surface area (Å²) in [7, 11) is 0. The van der Waals surface area contributed by atoms with Crippen molar-refractivity contribution in [1.82, 2.24) is 0 Å². The van der Waals surface area contributed by atoms with Crippen LogP contribution in [0.2, 0.25) is 0 Å². The van der Waals surface area contributed by atoms with Gasteiger partial charge in [0.25, 0.3) is 0 Å². The molecule has 1 saturated carbocycles. The molecule has 3 rings (SSSR count). The van der Waals surface area contributed by atoms with Crippen molar-refractivity contribution in [1.29, 1.82) is 0 Å². The van der Waals surface area contributed by atoms with Gasteiger partial charge in [-0.1, -0.05) is 24.3 Å². The summed E-state index contributed by atoms with van der Waals surface area (Å²) in [6.45, 7) is 6.73. The maximum atomic E-state index is 11.6. The minimum atomic E-state index is -0.754. The SMILES string of the molecule is Cc1cccc(OC[C@H](O)/C=C/[C@@H]2[C@H]3CC[C@H](COCC(=O)OC(C)C)CO[C@H]3C[C@H]2O)c1. The second-order valence-corrected chi connectivity index (χ2v) is 9.49. The van der Waals surface area contributed by atoms with Crippen LogP contribution in [-0.2, 0) is 19.0 Å². The van der Waals surface area contributed by atoms with Crippen molar-refractivity contribution < 1.29 is 34.0 Å². The topological polar surface area (TPSA) is 94.5 Å². The van der Waals surface area contributed by atoms with Gasteiger partial charge in [-0.2, -0.15) is 0 Å². The smallest absolute Gasteiger partial charge is 0.332 e. The average molecular weight is 463 g/mol. The lowest BCUT2D eigenvalue weighted by Crippen LogP contribution is -2.22. The number of aliphatic hydroxyl groups is 2. The van der Waals surface area contributed by atoms with E-state index in [1.807, 2.05) is 51.1 Å². The van der Waals surface area contributed by atoms with Crippen molar-refractivity contribution in [2.45, 2.75) is 64.4 Å². The van der Waals surface area contributed by atoms with Crippen molar-refractivity contribution in [3.8, 4) is 5.75 Å². The maximum Gasteiger partial charge on any atom is 0.332 e. The summed E-state index contributed by atoms with van der Waals surface area (Å²) in [5.41, 5.74) is 1.10. The number of benzene rings is 1. The number of esters is 1. The zero-order valence-corrected chi connectivity index (χ0v) is 19.9. The summed E-state index contributed by atoms with van der Waals surface area (Å²) >= 11 is 0. The Morgan fingerprint density at radius 3 is 2.88 bits per heavy atom. The summed E-state index contributed by atoms with van der Waals surface area (Å²) in [4.78, 5) is 11.6. The Morgan fingerprint density at radius 1 is 1.30 bits per heavy atom. The number of hydrogen-bond acceptors (Lipinski definition) is 7. The fourth-order valence-electron chi connectivity index (χ4n) is 4.65. The molecule has 2 fully saturated rings. The fraction of sp³-hybridized carbons (Fsp3) is 0.654. The van der Waals surface area contributed by atoms with Crippen LogP contribution in [-0.4, -0.2) is 67.0 Å². The molecule has 184 valence electrons. The van der Waals surface area contributed by atoms with Crippen LogP contribution in [0.4, 0.5) is 0 Å². The van der Waals surface area contributed by atoms with Gasteiger partial charge in [0.2, 0.25) is 0 Å². The van der Waals surface area contributed by atoms with E-state index in [2.05, 4.69) is 0 Å². The lowest BCUT2D eigenvalue weighted by Gasteiger charge is -2.21. The molecule has 2 N–H and O–H groups in total. The molecule has 1 saturated heterocycles. The van der Waals surface area contributed by atoms with Gasteiger partial charge >= 0.3 is 5.97 Å². The Bertz CT molecular complexity index is 778. The Labute approximate surface area is 196 Å². The quantitative estimate of drug-likeness (QED) is 0.408. The molecule has 1 aliphatic carbocycles. The molecule has 33 heavy (non-hydrogen) atoms. The summed E-state index contributed by atoms with van der Waals surface area (Å²) < 4.78 is 22.4. The lowest BCUT2D eigenvalue weighted by atomic mass is 9.87. The molecular weight excluding hydrogens is 424 g/mol. The number of fused-ring (bicyclic) bond motifs is 1. The fourth-order valence-corrected chi connectivity index (χ4v) is 4.65. The Hall–Kier alpha value is -1.93. The van der Waals surface area contributed by atoms with Crippen molar-refractivity contribution in [2.75, 3.05) is 26.4 Å². The van der Waals surface area contributed by atoms with Crippen LogP contribution in [0.1, 0.15) is 38.7 Å². The number of aliphatic hydroxyl groups excluding tert-OH is 2. The number of rotatable bonds is 10. The minimum absolute atomic E-state index is 0.00811. The second kappa shape index (κ2) is 12.5. The third kappa shape index (κ3) is 8.10. The van der Waals surface area contributed by atoms with Gasteiger partial charge in [0.1, 0.15) is 25.1 Å². The number of aryl methyl sites for hydroxylation is 1. The minimum Gasteiger partial charge on any atom is -0.491 e. The first-order valence-corrected chi connectivity index (χ1v) is 11.9. The van der Waals surface area contributed by atoms with Crippen molar-refractivity contribution in [3.63, 3.8) is 0 Å². The maximum absolute atomic E-state index is 11.6. The third-order valence-corrected chi connectivity index (χ3v) is 6.25. The molecule has 2 aliphatic rings. The Kier molecular flexibility index (Phi) is 9.74. The van der Waals surface area contributed by atoms with E-state index in [0.29, 0.717) is 19.6 Å². The average Bonchev–Trinajstić information content (AvgIpc) is 2.92. The Balaban J connectivity index is 1.45. The van der Waals surface area contributed by atoms with Gasteiger partial charge in [0.05, 0.1) is 31.5 Å². The molecule has 7 heteroatoms. The molecule has 0 aromatic heterocycles.